The molecule has 0 aliphatic rings. The molecule has 0 saturated heterocycles. The molecule has 1 atom stereocenters. The number of rotatable bonds is 6. The first-order valence-electron chi connectivity index (χ1n) is 8.11. The normalized spacial score (nSPS) is 11.6. The van der Waals surface area contributed by atoms with Crippen LogP contribution in [0.4, 0.5) is 0 Å². The highest BCUT2D eigenvalue weighted by atomic mass is 16.2. The van der Waals surface area contributed by atoms with E-state index in [1.807, 2.05) is 45.0 Å². The van der Waals surface area contributed by atoms with Gasteiger partial charge in [-0.2, -0.15) is 0 Å². The second kappa shape index (κ2) is 8.24. The van der Waals surface area contributed by atoms with Gasteiger partial charge in [-0.05, 0) is 43.5 Å². The number of hydrogen-bond acceptors (Lipinski definition) is 3. The SMILES string of the molecule is CCC(C)NC(=O)c1cc(C(=O)NCc2ccccc2C)ccn1. The fourth-order valence-corrected chi connectivity index (χ4v) is 2.18. The van der Waals surface area contributed by atoms with Crippen LogP contribution in [0.1, 0.15) is 52.2 Å². The lowest BCUT2D eigenvalue weighted by molar-refractivity contribution is 0.0934. The first-order valence-corrected chi connectivity index (χ1v) is 8.11. The largest absolute Gasteiger partial charge is 0.348 e. The third kappa shape index (κ3) is 4.65. The number of nitrogens with one attached hydrogen (secondary N) is 2. The van der Waals surface area contributed by atoms with Crippen LogP contribution in [-0.4, -0.2) is 22.8 Å². The fourth-order valence-electron chi connectivity index (χ4n) is 2.18. The Kier molecular flexibility index (Phi) is 6.07. The molecule has 0 fully saturated rings. The molecule has 1 aromatic heterocycles. The second-order valence-corrected chi connectivity index (χ2v) is 5.82. The van der Waals surface area contributed by atoms with Crippen molar-refractivity contribution in [3.8, 4) is 0 Å². The van der Waals surface area contributed by atoms with Crippen LogP contribution < -0.4 is 10.6 Å². The van der Waals surface area contributed by atoms with Crippen molar-refractivity contribution in [2.45, 2.75) is 39.8 Å². The molecule has 1 heterocycles. The Morgan fingerprint density at radius 2 is 1.92 bits per heavy atom. The van der Waals surface area contributed by atoms with Crippen LogP contribution in [0.5, 0.6) is 0 Å². The molecule has 2 aromatic rings. The third-order valence-corrected chi connectivity index (χ3v) is 3.95. The van der Waals surface area contributed by atoms with Crippen molar-refractivity contribution in [2.75, 3.05) is 0 Å². The van der Waals surface area contributed by atoms with Crippen LogP contribution in [0.25, 0.3) is 0 Å². The summed E-state index contributed by atoms with van der Waals surface area (Å²) in [5, 5.41) is 5.72. The van der Waals surface area contributed by atoms with Crippen molar-refractivity contribution in [1.29, 1.82) is 0 Å². The summed E-state index contributed by atoms with van der Waals surface area (Å²) in [6.45, 7) is 6.37. The number of carbonyl (C=O) groups is 2. The quantitative estimate of drug-likeness (QED) is 0.858. The Morgan fingerprint density at radius 1 is 1.17 bits per heavy atom. The standard InChI is InChI=1S/C19H23N3O2/c1-4-14(3)22-19(24)17-11-15(9-10-20-17)18(23)21-12-16-8-6-5-7-13(16)2/h5-11,14H,4,12H2,1-3H3,(H,21,23)(H,22,24). The number of carbonyl (C=O) groups excluding carboxylic acids is 2. The lowest BCUT2D eigenvalue weighted by Crippen LogP contribution is -2.32. The van der Waals surface area contributed by atoms with Gasteiger partial charge in [-0.3, -0.25) is 14.6 Å². The fraction of sp³-hybridized carbons (Fsp3) is 0.316. The Bertz CT molecular complexity index is 728. The van der Waals surface area contributed by atoms with Gasteiger partial charge in [-0.1, -0.05) is 31.2 Å². The van der Waals surface area contributed by atoms with Crippen molar-refractivity contribution < 1.29 is 9.59 Å². The number of amides is 2. The maximum Gasteiger partial charge on any atom is 0.270 e. The van der Waals surface area contributed by atoms with E-state index in [9.17, 15) is 9.59 Å². The molecule has 1 aromatic carbocycles. The highest BCUT2D eigenvalue weighted by molar-refractivity contribution is 5.98. The minimum absolute atomic E-state index is 0.0674. The zero-order chi connectivity index (χ0) is 17.5. The number of aromatic nitrogens is 1. The monoisotopic (exact) mass is 325 g/mol. The molecule has 0 aliphatic heterocycles. The first-order chi connectivity index (χ1) is 11.5. The van der Waals surface area contributed by atoms with E-state index in [1.54, 1.807) is 6.07 Å². The van der Waals surface area contributed by atoms with Crippen molar-refractivity contribution in [3.63, 3.8) is 0 Å². The molecule has 2 amide bonds. The molecule has 2 rings (SSSR count). The van der Waals surface area contributed by atoms with Gasteiger partial charge in [-0.15, -0.1) is 0 Å². The zero-order valence-electron chi connectivity index (χ0n) is 14.3. The third-order valence-electron chi connectivity index (χ3n) is 3.95. The van der Waals surface area contributed by atoms with E-state index < -0.39 is 0 Å². The Hall–Kier alpha value is -2.69. The van der Waals surface area contributed by atoms with Gasteiger partial charge in [0, 0.05) is 24.3 Å². The molecule has 0 bridgehead atoms. The van der Waals surface area contributed by atoms with E-state index in [0.717, 1.165) is 17.5 Å². The molecule has 0 spiro atoms. The van der Waals surface area contributed by atoms with E-state index >= 15 is 0 Å². The molecule has 1 unspecified atom stereocenters. The van der Waals surface area contributed by atoms with Gasteiger partial charge < -0.3 is 10.6 Å². The number of benzene rings is 1. The average Bonchev–Trinajstić information content (AvgIpc) is 2.60. The first kappa shape index (κ1) is 17.7. The van der Waals surface area contributed by atoms with Crippen LogP contribution >= 0.6 is 0 Å². The summed E-state index contributed by atoms with van der Waals surface area (Å²) < 4.78 is 0. The van der Waals surface area contributed by atoms with Crippen LogP contribution in [0.3, 0.4) is 0 Å². The topological polar surface area (TPSA) is 71.1 Å². The van der Waals surface area contributed by atoms with Gasteiger partial charge in [-0.25, -0.2) is 0 Å². The molecular weight excluding hydrogens is 302 g/mol. The highest BCUT2D eigenvalue weighted by Crippen LogP contribution is 2.08. The number of hydrogen-bond donors (Lipinski definition) is 2. The summed E-state index contributed by atoms with van der Waals surface area (Å²) in [7, 11) is 0. The Labute approximate surface area is 142 Å². The van der Waals surface area contributed by atoms with Gasteiger partial charge in [0.2, 0.25) is 0 Å². The predicted molar refractivity (Wildman–Crippen MR) is 93.8 cm³/mol. The molecule has 24 heavy (non-hydrogen) atoms. The predicted octanol–water partition coefficient (Wildman–Crippen LogP) is 2.85. The van der Waals surface area contributed by atoms with E-state index in [-0.39, 0.29) is 23.6 Å². The maximum absolute atomic E-state index is 12.3. The summed E-state index contributed by atoms with van der Waals surface area (Å²) in [5.74, 6) is -0.490. The van der Waals surface area contributed by atoms with Crippen LogP contribution in [0, 0.1) is 6.92 Å². The molecule has 5 nitrogen and oxygen atoms in total. The van der Waals surface area contributed by atoms with Gasteiger partial charge in [0.15, 0.2) is 0 Å². The van der Waals surface area contributed by atoms with E-state index in [4.69, 9.17) is 0 Å². The molecule has 5 heteroatoms. The number of aryl methyl sites for hydroxylation is 1. The average molecular weight is 325 g/mol. The van der Waals surface area contributed by atoms with Crippen molar-refractivity contribution in [3.05, 3.63) is 65.0 Å². The van der Waals surface area contributed by atoms with Crippen LogP contribution in [-0.2, 0) is 6.54 Å². The van der Waals surface area contributed by atoms with Crippen molar-refractivity contribution in [2.24, 2.45) is 0 Å². The summed E-state index contributed by atoms with van der Waals surface area (Å²) in [5.41, 5.74) is 2.86. The summed E-state index contributed by atoms with van der Waals surface area (Å²) >= 11 is 0. The summed E-state index contributed by atoms with van der Waals surface area (Å²) in [6.07, 6.45) is 2.32. The van der Waals surface area contributed by atoms with Gasteiger partial charge in [0.1, 0.15) is 5.69 Å². The van der Waals surface area contributed by atoms with Crippen LogP contribution in [0.2, 0.25) is 0 Å². The minimum Gasteiger partial charge on any atom is -0.348 e. The summed E-state index contributed by atoms with van der Waals surface area (Å²) in [4.78, 5) is 28.5. The molecule has 126 valence electrons. The Balaban J connectivity index is 2.03. The molecule has 0 saturated carbocycles. The van der Waals surface area contributed by atoms with Gasteiger partial charge in [0.25, 0.3) is 11.8 Å². The minimum atomic E-state index is -0.266. The zero-order valence-corrected chi connectivity index (χ0v) is 14.3. The van der Waals surface area contributed by atoms with E-state index in [1.165, 1.54) is 12.3 Å². The maximum atomic E-state index is 12.3. The van der Waals surface area contributed by atoms with Crippen molar-refractivity contribution >= 4 is 11.8 Å². The molecule has 2 N–H and O–H groups in total. The molecule has 0 radical (unpaired) electrons. The summed E-state index contributed by atoms with van der Waals surface area (Å²) in [6, 6.07) is 11.1. The van der Waals surface area contributed by atoms with Gasteiger partial charge >= 0.3 is 0 Å². The van der Waals surface area contributed by atoms with E-state index in [0.29, 0.717) is 12.1 Å². The Morgan fingerprint density at radius 3 is 2.62 bits per heavy atom. The lowest BCUT2D eigenvalue weighted by Gasteiger charge is -2.11. The second-order valence-electron chi connectivity index (χ2n) is 5.82. The molecular formula is C19H23N3O2. The highest BCUT2D eigenvalue weighted by Gasteiger charge is 2.13. The van der Waals surface area contributed by atoms with Crippen LogP contribution in [0.15, 0.2) is 42.6 Å². The molecule has 0 aliphatic carbocycles. The van der Waals surface area contributed by atoms with Crippen molar-refractivity contribution in [1.82, 2.24) is 15.6 Å². The smallest absolute Gasteiger partial charge is 0.270 e. The number of nitrogens with zero attached hydrogens (tertiary/aromatic N) is 1. The number of pyridine rings is 1. The van der Waals surface area contributed by atoms with E-state index in [2.05, 4.69) is 15.6 Å². The van der Waals surface area contributed by atoms with Gasteiger partial charge in [0.05, 0.1) is 0 Å². The lowest BCUT2D eigenvalue weighted by atomic mass is 10.1.